The molecule has 2 heterocycles. The number of halogens is 2. The minimum atomic E-state index is -0.564. The number of hydrogen-bond donors (Lipinski definition) is 1. The van der Waals surface area contributed by atoms with Crippen molar-refractivity contribution in [3.05, 3.63) is 65.3 Å². The summed E-state index contributed by atoms with van der Waals surface area (Å²) in [5.74, 6) is -0.802. The third-order valence-electron chi connectivity index (χ3n) is 3.06. The van der Waals surface area contributed by atoms with Crippen molar-refractivity contribution < 1.29 is 9.18 Å². The zero-order chi connectivity index (χ0) is 14.8. The van der Waals surface area contributed by atoms with Crippen LogP contribution in [0.2, 0.25) is 5.02 Å². The van der Waals surface area contributed by atoms with Crippen molar-refractivity contribution in [3.8, 4) is 0 Å². The minimum absolute atomic E-state index is 0.0242. The maximum Gasteiger partial charge on any atom is 0.230 e. The lowest BCUT2D eigenvalue weighted by atomic mass is 10.2. The molecule has 0 bridgehead atoms. The molecule has 3 rings (SSSR count). The van der Waals surface area contributed by atoms with Crippen LogP contribution in [0.3, 0.4) is 0 Å². The quantitative estimate of drug-likeness (QED) is 0.807. The number of nitrogens with zero attached hydrogens (tertiary/aromatic N) is 2. The maximum absolute atomic E-state index is 13.3. The molecule has 0 saturated heterocycles. The van der Waals surface area contributed by atoms with E-state index in [1.807, 2.05) is 22.6 Å². The Kier molecular flexibility index (Phi) is 3.58. The summed E-state index contributed by atoms with van der Waals surface area (Å²) in [6.07, 6.45) is 3.63. The maximum atomic E-state index is 13.3. The number of anilines is 1. The molecule has 1 N–H and O–H groups in total. The van der Waals surface area contributed by atoms with Crippen LogP contribution in [0.4, 0.5) is 10.1 Å². The van der Waals surface area contributed by atoms with E-state index in [0.29, 0.717) is 5.69 Å². The van der Waals surface area contributed by atoms with Crippen LogP contribution in [-0.2, 0) is 11.2 Å². The van der Waals surface area contributed by atoms with Gasteiger partial charge in [0.1, 0.15) is 11.5 Å². The van der Waals surface area contributed by atoms with Gasteiger partial charge in [0, 0.05) is 23.8 Å². The van der Waals surface area contributed by atoms with Gasteiger partial charge in [0.2, 0.25) is 5.91 Å². The SMILES string of the molecule is O=C(Cc1cccc2nccn12)Nc1ccc(Cl)c(F)c1. The molecule has 0 aliphatic rings. The van der Waals surface area contributed by atoms with Crippen LogP contribution in [0.25, 0.3) is 5.65 Å². The fourth-order valence-electron chi connectivity index (χ4n) is 2.09. The lowest BCUT2D eigenvalue weighted by Gasteiger charge is -2.07. The van der Waals surface area contributed by atoms with E-state index < -0.39 is 5.82 Å². The van der Waals surface area contributed by atoms with E-state index >= 15 is 0 Å². The molecule has 2 aromatic heterocycles. The smallest absolute Gasteiger partial charge is 0.230 e. The molecular formula is C15H11ClFN3O. The van der Waals surface area contributed by atoms with Crippen LogP contribution in [0.5, 0.6) is 0 Å². The third-order valence-corrected chi connectivity index (χ3v) is 3.36. The van der Waals surface area contributed by atoms with Crippen molar-refractivity contribution in [2.45, 2.75) is 6.42 Å². The number of amides is 1. The lowest BCUT2D eigenvalue weighted by molar-refractivity contribution is -0.115. The zero-order valence-corrected chi connectivity index (χ0v) is 11.6. The number of benzene rings is 1. The number of rotatable bonds is 3. The summed E-state index contributed by atoms with van der Waals surface area (Å²) in [5.41, 5.74) is 1.95. The van der Waals surface area contributed by atoms with Crippen molar-refractivity contribution >= 4 is 28.8 Å². The molecule has 0 fully saturated rings. The van der Waals surface area contributed by atoms with E-state index in [1.54, 1.807) is 18.5 Å². The van der Waals surface area contributed by atoms with Gasteiger partial charge in [0.25, 0.3) is 0 Å². The van der Waals surface area contributed by atoms with Gasteiger partial charge < -0.3 is 9.72 Å². The van der Waals surface area contributed by atoms with Gasteiger partial charge in [-0.1, -0.05) is 17.7 Å². The highest BCUT2D eigenvalue weighted by Crippen LogP contribution is 2.19. The average Bonchev–Trinajstić information content (AvgIpc) is 2.92. The highest BCUT2D eigenvalue weighted by Gasteiger charge is 2.09. The van der Waals surface area contributed by atoms with Crippen molar-refractivity contribution in [2.75, 3.05) is 5.32 Å². The Hall–Kier alpha value is -2.40. The van der Waals surface area contributed by atoms with Gasteiger partial charge in [0.05, 0.1) is 11.4 Å². The van der Waals surface area contributed by atoms with E-state index in [-0.39, 0.29) is 17.4 Å². The Bertz CT molecular complexity index is 816. The fraction of sp³-hybridized carbons (Fsp3) is 0.0667. The highest BCUT2D eigenvalue weighted by molar-refractivity contribution is 6.30. The third kappa shape index (κ3) is 2.87. The summed E-state index contributed by atoms with van der Waals surface area (Å²) in [6.45, 7) is 0. The van der Waals surface area contributed by atoms with Crippen molar-refractivity contribution in [1.29, 1.82) is 0 Å². The Morgan fingerprint density at radius 1 is 1.33 bits per heavy atom. The van der Waals surface area contributed by atoms with E-state index in [2.05, 4.69) is 10.3 Å². The van der Waals surface area contributed by atoms with Gasteiger partial charge in [-0.15, -0.1) is 0 Å². The Labute approximate surface area is 125 Å². The first-order valence-electron chi connectivity index (χ1n) is 6.29. The summed E-state index contributed by atoms with van der Waals surface area (Å²) in [4.78, 5) is 16.2. The molecule has 6 heteroatoms. The second-order valence-electron chi connectivity index (χ2n) is 4.53. The second kappa shape index (κ2) is 5.54. The fourth-order valence-corrected chi connectivity index (χ4v) is 2.21. The number of aromatic nitrogens is 2. The molecule has 4 nitrogen and oxygen atoms in total. The van der Waals surface area contributed by atoms with Gasteiger partial charge in [-0.2, -0.15) is 0 Å². The molecule has 106 valence electrons. The van der Waals surface area contributed by atoms with E-state index in [0.717, 1.165) is 11.3 Å². The first-order chi connectivity index (χ1) is 10.1. The Morgan fingerprint density at radius 3 is 3.00 bits per heavy atom. The topological polar surface area (TPSA) is 46.4 Å². The average molecular weight is 304 g/mol. The first-order valence-corrected chi connectivity index (χ1v) is 6.67. The summed E-state index contributed by atoms with van der Waals surface area (Å²) in [7, 11) is 0. The molecule has 0 unspecified atom stereocenters. The number of imidazole rings is 1. The number of nitrogens with one attached hydrogen (secondary N) is 1. The molecule has 0 aliphatic heterocycles. The van der Waals surface area contributed by atoms with Crippen LogP contribution >= 0.6 is 11.6 Å². The summed E-state index contributed by atoms with van der Waals surface area (Å²) < 4.78 is 15.2. The molecule has 0 radical (unpaired) electrons. The standard InChI is InChI=1S/C15H11ClFN3O/c16-12-5-4-10(8-13(12)17)19-15(21)9-11-2-1-3-14-18-6-7-20(11)14/h1-8H,9H2,(H,19,21). The molecule has 3 aromatic rings. The Balaban J connectivity index is 1.77. The van der Waals surface area contributed by atoms with Crippen molar-refractivity contribution in [1.82, 2.24) is 9.38 Å². The largest absolute Gasteiger partial charge is 0.326 e. The Morgan fingerprint density at radius 2 is 2.19 bits per heavy atom. The van der Waals surface area contributed by atoms with Gasteiger partial charge in [-0.05, 0) is 30.3 Å². The summed E-state index contributed by atoms with van der Waals surface area (Å²) in [6, 6.07) is 9.70. The molecule has 0 spiro atoms. The highest BCUT2D eigenvalue weighted by atomic mass is 35.5. The van der Waals surface area contributed by atoms with Crippen LogP contribution in [-0.4, -0.2) is 15.3 Å². The summed E-state index contributed by atoms with van der Waals surface area (Å²) in [5, 5.41) is 2.67. The number of hydrogen-bond acceptors (Lipinski definition) is 2. The molecular weight excluding hydrogens is 293 g/mol. The van der Waals surface area contributed by atoms with E-state index in [9.17, 15) is 9.18 Å². The monoisotopic (exact) mass is 303 g/mol. The van der Waals surface area contributed by atoms with Crippen LogP contribution in [0.1, 0.15) is 5.69 Å². The number of fused-ring (bicyclic) bond motifs is 1. The second-order valence-corrected chi connectivity index (χ2v) is 4.93. The molecule has 1 aromatic carbocycles. The number of carbonyl (C=O) groups is 1. The first kappa shape index (κ1) is 13.6. The molecule has 0 atom stereocenters. The number of carbonyl (C=O) groups excluding carboxylic acids is 1. The van der Waals surface area contributed by atoms with Gasteiger partial charge in [-0.25, -0.2) is 9.37 Å². The minimum Gasteiger partial charge on any atom is -0.326 e. The van der Waals surface area contributed by atoms with E-state index in [4.69, 9.17) is 11.6 Å². The predicted molar refractivity (Wildman–Crippen MR) is 78.9 cm³/mol. The van der Waals surface area contributed by atoms with Gasteiger partial charge in [0.15, 0.2) is 0 Å². The van der Waals surface area contributed by atoms with Gasteiger partial charge in [-0.3, -0.25) is 4.79 Å². The van der Waals surface area contributed by atoms with Crippen molar-refractivity contribution in [2.24, 2.45) is 0 Å². The molecule has 0 aliphatic carbocycles. The van der Waals surface area contributed by atoms with Crippen LogP contribution < -0.4 is 5.32 Å². The predicted octanol–water partition coefficient (Wildman–Crippen LogP) is 3.31. The normalized spacial score (nSPS) is 10.8. The number of pyridine rings is 1. The molecule has 21 heavy (non-hydrogen) atoms. The molecule has 0 saturated carbocycles. The summed E-state index contributed by atoms with van der Waals surface area (Å²) >= 11 is 5.60. The van der Waals surface area contributed by atoms with Crippen LogP contribution in [0.15, 0.2) is 48.8 Å². The lowest BCUT2D eigenvalue weighted by Crippen LogP contribution is -2.16. The van der Waals surface area contributed by atoms with Crippen molar-refractivity contribution in [3.63, 3.8) is 0 Å². The molecule has 1 amide bonds. The zero-order valence-electron chi connectivity index (χ0n) is 10.9. The van der Waals surface area contributed by atoms with Gasteiger partial charge >= 0.3 is 0 Å². The van der Waals surface area contributed by atoms with E-state index in [1.165, 1.54) is 12.1 Å². The van der Waals surface area contributed by atoms with Crippen LogP contribution in [0, 0.1) is 5.82 Å².